The molecule has 0 aliphatic rings. The molecule has 7 heteroatoms. The number of nitrogens with one attached hydrogen (secondary N) is 1. The molecule has 152 valence electrons. The molecule has 0 saturated heterocycles. The topological polar surface area (TPSA) is 95.9 Å². The summed E-state index contributed by atoms with van der Waals surface area (Å²) >= 11 is 0. The number of amides is 1. The number of hydrogen-bond donors (Lipinski definition) is 3. The van der Waals surface area contributed by atoms with Crippen molar-refractivity contribution in [3.8, 4) is 0 Å². The van der Waals surface area contributed by atoms with E-state index in [9.17, 15) is 14.7 Å². The second kappa shape index (κ2) is 10.0. The van der Waals surface area contributed by atoms with Crippen LogP contribution in [-0.4, -0.2) is 49.2 Å². The first-order chi connectivity index (χ1) is 12.4. The highest BCUT2D eigenvalue weighted by Gasteiger charge is 2.37. The monoisotopic (exact) mass is 395 g/mol. The zero-order valence-corrected chi connectivity index (χ0v) is 18.0. The Labute approximate surface area is 163 Å². The van der Waals surface area contributed by atoms with Crippen LogP contribution in [0.5, 0.6) is 0 Å². The molecule has 0 aliphatic carbocycles. The summed E-state index contributed by atoms with van der Waals surface area (Å²) in [5.41, 5.74) is 0.861. The van der Waals surface area contributed by atoms with Crippen LogP contribution in [0, 0.1) is 0 Å². The van der Waals surface area contributed by atoms with Gasteiger partial charge in [-0.05, 0) is 30.1 Å². The Hall–Kier alpha value is -1.70. The van der Waals surface area contributed by atoms with Crippen molar-refractivity contribution in [1.82, 2.24) is 5.32 Å². The van der Waals surface area contributed by atoms with Gasteiger partial charge in [0, 0.05) is 12.8 Å². The molecule has 0 aliphatic heterocycles. The number of aliphatic hydroxyl groups is 1. The molecular weight excluding hydrogens is 362 g/mol. The third-order valence-electron chi connectivity index (χ3n) is 5.08. The SMILES string of the molecule is CC(C)(C)[Si](C)(C)OC[C@H](CCC(=O)O)NC(=O)[C@H](O)Cc1ccccc1. The van der Waals surface area contributed by atoms with Crippen molar-refractivity contribution in [2.75, 3.05) is 6.61 Å². The minimum Gasteiger partial charge on any atom is -0.481 e. The van der Waals surface area contributed by atoms with Gasteiger partial charge < -0.3 is 20.0 Å². The maximum absolute atomic E-state index is 12.4. The van der Waals surface area contributed by atoms with E-state index in [4.69, 9.17) is 9.53 Å². The van der Waals surface area contributed by atoms with Crippen LogP contribution in [0.15, 0.2) is 30.3 Å². The van der Waals surface area contributed by atoms with E-state index >= 15 is 0 Å². The fraction of sp³-hybridized carbons (Fsp3) is 0.600. The first kappa shape index (κ1) is 23.3. The molecule has 1 aromatic carbocycles. The third-order valence-corrected chi connectivity index (χ3v) is 9.58. The van der Waals surface area contributed by atoms with Gasteiger partial charge in [-0.2, -0.15) is 0 Å². The highest BCUT2D eigenvalue weighted by Crippen LogP contribution is 2.36. The van der Waals surface area contributed by atoms with E-state index in [2.05, 4.69) is 39.2 Å². The van der Waals surface area contributed by atoms with Crippen molar-refractivity contribution in [1.29, 1.82) is 0 Å². The van der Waals surface area contributed by atoms with Crippen molar-refractivity contribution in [3.05, 3.63) is 35.9 Å². The van der Waals surface area contributed by atoms with Gasteiger partial charge in [0.1, 0.15) is 6.10 Å². The van der Waals surface area contributed by atoms with Crippen LogP contribution >= 0.6 is 0 Å². The molecule has 6 nitrogen and oxygen atoms in total. The lowest BCUT2D eigenvalue weighted by molar-refractivity contribution is -0.138. The Bertz CT molecular complexity index is 613. The highest BCUT2D eigenvalue weighted by atomic mass is 28.4. The lowest BCUT2D eigenvalue weighted by atomic mass is 10.1. The molecule has 0 radical (unpaired) electrons. The molecule has 3 N–H and O–H groups in total. The zero-order chi connectivity index (χ0) is 20.7. The molecule has 27 heavy (non-hydrogen) atoms. The predicted octanol–water partition coefficient (Wildman–Crippen LogP) is 2.96. The quantitative estimate of drug-likeness (QED) is 0.529. The molecule has 1 rings (SSSR count). The van der Waals surface area contributed by atoms with Crippen molar-refractivity contribution >= 4 is 20.2 Å². The van der Waals surface area contributed by atoms with Gasteiger partial charge in [0.15, 0.2) is 8.32 Å². The largest absolute Gasteiger partial charge is 0.481 e. The predicted molar refractivity (Wildman–Crippen MR) is 108 cm³/mol. The minimum absolute atomic E-state index is 0.0151. The van der Waals surface area contributed by atoms with E-state index in [1.165, 1.54) is 0 Å². The summed E-state index contributed by atoms with van der Waals surface area (Å²) in [7, 11) is -2.02. The number of aliphatic carboxylic acids is 1. The number of benzene rings is 1. The molecule has 0 saturated carbocycles. The Balaban J connectivity index is 2.69. The average Bonchev–Trinajstić information content (AvgIpc) is 2.56. The molecular formula is C20H33NO5Si. The van der Waals surface area contributed by atoms with Gasteiger partial charge >= 0.3 is 5.97 Å². The normalized spacial score (nSPS) is 14.4. The Morgan fingerprint density at radius 1 is 1.19 bits per heavy atom. The van der Waals surface area contributed by atoms with E-state index in [1.54, 1.807) is 0 Å². The fourth-order valence-corrected chi connectivity index (χ4v) is 3.30. The molecule has 0 bridgehead atoms. The molecule has 1 amide bonds. The third kappa shape index (κ3) is 8.24. The van der Waals surface area contributed by atoms with E-state index < -0.39 is 32.3 Å². The summed E-state index contributed by atoms with van der Waals surface area (Å²) in [4.78, 5) is 23.3. The van der Waals surface area contributed by atoms with Crippen LogP contribution in [0.1, 0.15) is 39.2 Å². The van der Waals surface area contributed by atoms with Crippen LogP contribution in [0.3, 0.4) is 0 Å². The zero-order valence-electron chi connectivity index (χ0n) is 17.0. The maximum Gasteiger partial charge on any atom is 0.303 e. The van der Waals surface area contributed by atoms with Crippen molar-refractivity contribution in [3.63, 3.8) is 0 Å². The van der Waals surface area contributed by atoms with Crippen molar-refractivity contribution < 1.29 is 24.2 Å². The van der Waals surface area contributed by atoms with E-state index in [1.807, 2.05) is 30.3 Å². The summed E-state index contributed by atoms with van der Waals surface area (Å²) in [6.45, 7) is 10.8. The second-order valence-electron chi connectivity index (χ2n) is 8.41. The first-order valence-corrected chi connectivity index (χ1v) is 12.2. The summed E-state index contributed by atoms with van der Waals surface area (Å²) < 4.78 is 6.14. The Morgan fingerprint density at radius 2 is 1.78 bits per heavy atom. The Morgan fingerprint density at radius 3 is 2.30 bits per heavy atom. The first-order valence-electron chi connectivity index (χ1n) is 9.30. The van der Waals surface area contributed by atoms with Crippen LogP contribution in [0.2, 0.25) is 18.1 Å². The van der Waals surface area contributed by atoms with Crippen LogP contribution < -0.4 is 5.32 Å². The molecule has 1 aromatic rings. The Kier molecular flexibility index (Phi) is 8.65. The van der Waals surface area contributed by atoms with E-state index in [-0.39, 0.29) is 30.9 Å². The van der Waals surface area contributed by atoms with Gasteiger partial charge in [-0.25, -0.2) is 0 Å². The van der Waals surface area contributed by atoms with Gasteiger partial charge in [0.05, 0.1) is 12.6 Å². The lowest BCUT2D eigenvalue weighted by Gasteiger charge is -2.37. The molecule has 0 unspecified atom stereocenters. The lowest BCUT2D eigenvalue weighted by Crippen LogP contribution is -2.48. The number of carboxylic acids is 1. The van der Waals surface area contributed by atoms with Crippen LogP contribution in [-0.2, 0) is 20.4 Å². The molecule has 0 heterocycles. The molecule has 0 fully saturated rings. The summed E-state index contributed by atoms with van der Waals surface area (Å²) in [5.74, 6) is -1.43. The van der Waals surface area contributed by atoms with E-state index in [0.717, 1.165) is 5.56 Å². The summed E-state index contributed by atoms with van der Waals surface area (Å²) in [5, 5.41) is 21.9. The molecule has 0 spiro atoms. The number of hydrogen-bond acceptors (Lipinski definition) is 4. The smallest absolute Gasteiger partial charge is 0.303 e. The summed E-state index contributed by atoms with van der Waals surface area (Å²) in [6.07, 6.45) is -0.789. The average molecular weight is 396 g/mol. The van der Waals surface area contributed by atoms with E-state index in [0.29, 0.717) is 0 Å². The van der Waals surface area contributed by atoms with Crippen LogP contribution in [0.25, 0.3) is 0 Å². The number of carboxylic acid groups (broad SMARTS) is 1. The van der Waals surface area contributed by atoms with Gasteiger partial charge in [0.2, 0.25) is 5.91 Å². The van der Waals surface area contributed by atoms with Gasteiger partial charge in [-0.1, -0.05) is 51.1 Å². The van der Waals surface area contributed by atoms with Gasteiger partial charge in [-0.15, -0.1) is 0 Å². The van der Waals surface area contributed by atoms with Crippen molar-refractivity contribution in [2.24, 2.45) is 0 Å². The highest BCUT2D eigenvalue weighted by molar-refractivity contribution is 6.74. The van der Waals surface area contributed by atoms with Gasteiger partial charge in [-0.3, -0.25) is 9.59 Å². The van der Waals surface area contributed by atoms with Crippen molar-refractivity contribution in [2.45, 2.75) is 70.3 Å². The standard InChI is InChI=1S/C20H33NO5Si/c1-20(2,3)27(4,5)26-14-16(11-12-18(23)24)21-19(25)17(22)13-15-9-7-6-8-10-15/h6-10,16-17,22H,11-14H2,1-5H3,(H,21,25)(H,23,24)/t16-,17+/m0/s1. The molecule has 2 atom stereocenters. The second-order valence-corrected chi connectivity index (χ2v) is 13.2. The number of aliphatic hydroxyl groups excluding tert-OH is 1. The number of carbonyl (C=O) groups excluding carboxylic acids is 1. The van der Waals surface area contributed by atoms with Crippen LogP contribution in [0.4, 0.5) is 0 Å². The summed E-state index contributed by atoms with van der Waals surface area (Å²) in [6, 6.07) is 8.81. The number of carbonyl (C=O) groups is 2. The fourth-order valence-electron chi connectivity index (χ4n) is 2.25. The van der Waals surface area contributed by atoms with Gasteiger partial charge in [0.25, 0.3) is 0 Å². The molecule has 0 aromatic heterocycles. The number of rotatable bonds is 10. The maximum atomic E-state index is 12.4. The minimum atomic E-state index is -2.02.